The SMILES string of the molecule is CC(N)Cc1cccnc1Sc1ncc[nH]1. The van der Waals surface area contributed by atoms with Gasteiger partial charge in [0.2, 0.25) is 0 Å². The van der Waals surface area contributed by atoms with Crippen molar-refractivity contribution in [2.75, 3.05) is 0 Å². The van der Waals surface area contributed by atoms with E-state index in [2.05, 4.69) is 21.0 Å². The fourth-order valence-corrected chi connectivity index (χ4v) is 2.24. The van der Waals surface area contributed by atoms with E-state index in [-0.39, 0.29) is 6.04 Å². The Morgan fingerprint density at radius 1 is 1.44 bits per heavy atom. The summed E-state index contributed by atoms with van der Waals surface area (Å²) in [5, 5.41) is 1.82. The number of hydrogen-bond donors (Lipinski definition) is 2. The lowest BCUT2D eigenvalue weighted by molar-refractivity contribution is 0.722. The van der Waals surface area contributed by atoms with Crippen molar-refractivity contribution in [3.8, 4) is 0 Å². The van der Waals surface area contributed by atoms with E-state index in [0.717, 1.165) is 16.6 Å². The van der Waals surface area contributed by atoms with Crippen LogP contribution in [0.4, 0.5) is 0 Å². The summed E-state index contributed by atoms with van der Waals surface area (Å²) in [6.45, 7) is 1.99. The number of nitrogens with zero attached hydrogens (tertiary/aromatic N) is 2. The Hall–Kier alpha value is -1.33. The summed E-state index contributed by atoms with van der Waals surface area (Å²) in [6, 6.07) is 4.13. The first-order valence-electron chi connectivity index (χ1n) is 5.12. The third-order valence-corrected chi connectivity index (χ3v) is 3.04. The lowest BCUT2D eigenvalue weighted by Crippen LogP contribution is -2.18. The van der Waals surface area contributed by atoms with Crippen molar-refractivity contribution in [1.29, 1.82) is 0 Å². The normalized spacial score (nSPS) is 12.6. The molecule has 1 unspecified atom stereocenters. The first-order chi connectivity index (χ1) is 7.75. The highest BCUT2D eigenvalue weighted by atomic mass is 32.2. The molecule has 0 saturated carbocycles. The number of nitrogens with one attached hydrogen (secondary N) is 1. The number of pyridine rings is 1. The van der Waals surface area contributed by atoms with Gasteiger partial charge in [0.05, 0.1) is 0 Å². The lowest BCUT2D eigenvalue weighted by atomic mass is 10.1. The Morgan fingerprint density at radius 2 is 2.31 bits per heavy atom. The quantitative estimate of drug-likeness (QED) is 0.847. The summed E-state index contributed by atoms with van der Waals surface area (Å²) in [7, 11) is 0. The second kappa shape index (κ2) is 5.14. The maximum absolute atomic E-state index is 5.81. The standard InChI is InChI=1S/C11H14N4S/c1-8(12)7-9-3-2-4-13-10(9)16-11-14-5-6-15-11/h2-6,8H,7,12H2,1H3,(H,14,15). The number of aromatic nitrogens is 3. The summed E-state index contributed by atoms with van der Waals surface area (Å²) in [5.74, 6) is 0. The number of H-pyrrole nitrogens is 1. The van der Waals surface area contributed by atoms with Crippen LogP contribution in [0.15, 0.2) is 40.9 Å². The fraction of sp³-hybridized carbons (Fsp3) is 0.273. The van der Waals surface area contributed by atoms with E-state index in [1.54, 1.807) is 18.6 Å². The molecule has 2 aromatic heterocycles. The predicted octanol–water partition coefficient (Wildman–Crippen LogP) is 1.85. The molecule has 16 heavy (non-hydrogen) atoms. The minimum absolute atomic E-state index is 0.139. The number of imidazole rings is 1. The van der Waals surface area contributed by atoms with Crippen LogP contribution in [-0.2, 0) is 6.42 Å². The molecule has 2 aromatic rings. The zero-order valence-electron chi connectivity index (χ0n) is 9.05. The number of hydrogen-bond acceptors (Lipinski definition) is 4. The summed E-state index contributed by atoms with van der Waals surface area (Å²) in [5.41, 5.74) is 6.97. The Balaban J connectivity index is 2.19. The molecule has 1 atom stereocenters. The minimum Gasteiger partial charge on any atom is -0.339 e. The van der Waals surface area contributed by atoms with Gasteiger partial charge >= 0.3 is 0 Å². The highest BCUT2D eigenvalue weighted by Crippen LogP contribution is 2.26. The van der Waals surface area contributed by atoms with Crippen LogP contribution in [0.3, 0.4) is 0 Å². The van der Waals surface area contributed by atoms with Crippen LogP contribution in [-0.4, -0.2) is 21.0 Å². The van der Waals surface area contributed by atoms with Crippen LogP contribution < -0.4 is 5.73 Å². The van der Waals surface area contributed by atoms with Gasteiger partial charge in [-0.2, -0.15) is 0 Å². The molecule has 0 fully saturated rings. The van der Waals surface area contributed by atoms with Crippen LogP contribution in [0.1, 0.15) is 12.5 Å². The maximum atomic E-state index is 5.81. The monoisotopic (exact) mass is 234 g/mol. The van der Waals surface area contributed by atoms with E-state index >= 15 is 0 Å². The zero-order chi connectivity index (χ0) is 11.4. The van der Waals surface area contributed by atoms with Crippen LogP contribution in [0.2, 0.25) is 0 Å². The van der Waals surface area contributed by atoms with Gasteiger partial charge in [-0.15, -0.1) is 0 Å². The van der Waals surface area contributed by atoms with Crippen molar-refractivity contribution in [3.63, 3.8) is 0 Å². The third kappa shape index (κ3) is 2.84. The van der Waals surface area contributed by atoms with Gasteiger partial charge in [0.25, 0.3) is 0 Å². The van der Waals surface area contributed by atoms with Crippen molar-refractivity contribution in [3.05, 3.63) is 36.3 Å². The zero-order valence-corrected chi connectivity index (χ0v) is 9.87. The lowest BCUT2D eigenvalue weighted by Gasteiger charge is -2.08. The van der Waals surface area contributed by atoms with Gasteiger partial charge in [0.1, 0.15) is 5.03 Å². The molecule has 0 aliphatic rings. The van der Waals surface area contributed by atoms with Gasteiger partial charge < -0.3 is 10.7 Å². The van der Waals surface area contributed by atoms with Crippen molar-refractivity contribution in [1.82, 2.24) is 15.0 Å². The van der Waals surface area contributed by atoms with Crippen molar-refractivity contribution >= 4 is 11.8 Å². The Kier molecular flexibility index (Phi) is 3.58. The van der Waals surface area contributed by atoms with Crippen LogP contribution in [0, 0.1) is 0 Å². The molecule has 0 amide bonds. The number of nitrogens with two attached hydrogens (primary N) is 1. The Morgan fingerprint density at radius 3 is 3.00 bits per heavy atom. The summed E-state index contributed by atoms with van der Waals surface area (Å²) < 4.78 is 0. The van der Waals surface area contributed by atoms with Crippen LogP contribution in [0.5, 0.6) is 0 Å². The molecule has 0 radical (unpaired) electrons. The second-order valence-electron chi connectivity index (χ2n) is 3.65. The molecule has 5 heteroatoms. The summed E-state index contributed by atoms with van der Waals surface area (Å²) >= 11 is 1.53. The Bertz CT molecular complexity index is 439. The molecular weight excluding hydrogens is 220 g/mol. The predicted molar refractivity (Wildman–Crippen MR) is 64.3 cm³/mol. The first-order valence-corrected chi connectivity index (χ1v) is 5.94. The molecule has 3 N–H and O–H groups in total. The third-order valence-electron chi connectivity index (χ3n) is 2.06. The summed E-state index contributed by atoms with van der Waals surface area (Å²) in [6.07, 6.45) is 6.15. The second-order valence-corrected chi connectivity index (χ2v) is 4.62. The summed E-state index contributed by atoms with van der Waals surface area (Å²) in [4.78, 5) is 11.6. The molecule has 0 spiro atoms. The van der Waals surface area contributed by atoms with Crippen LogP contribution in [0.25, 0.3) is 0 Å². The molecule has 2 rings (SSSR count). The van der Waals surface area contributed by atoms with E-state index in [9.17, 15) is 0 Å². The number of rotatable bonds is 4. The minimum atomic E-state index is 0.139. The van der Waals surface area contributed by atoms with Gasteiger partial charge in [-0.05, 0) is 36.7 Å². The highest BCUT2D eigenvalue weighted by molar-refractivity contribution is 7.99. The molecule has 0 aliphatic carbocycles. The van der Waals surface area contributed by atoms with Crippen molar-refractivity contribution in [2.45, 2.75) is 29.6 Å². The maximum Gasteiger partial charge on any atom is 0.171 e. The van der Waals surface area contributed by atoms with Crippen LogP contribution >= 0.6 is 11.8 Å². The molecular formula is C11H14N4S. The topological polar surface area (TPSA) is 67.6 Å². The van der Waals surface area contributed by atoms with E-state index in [4.69, 9.17) is 5.73 Å². The molecule has 0 aliphatic heterocycles. The van der Waals surface area contributed by atoms with E-state index in [1.165, 1.54) is 17.3 Å². The molecule has 84 valence electrons. The van der Waals surface area contributed by atoms with Gasteiger partial charge in [-0.1, -0.05) is 6.07 Å². The van der Waals surface area contributed by atoms with Crippen molar-refractivity contribution < 1.29 is 0 Å². The smallest absolute Gasteiger partial charge is 0.171 e. The van der Waals surface area contributed by atoms with Gasteiger partial charge in [-0.3, -0.25) is 0 Å². The van der Waals surface area contributed by atoms with E-state index in [1.807, 2.05) is 13.0 Å². The molecule has 0 saturated heterocycles. The van der Waals surface area contributed by atoms with E-state index in [0.29, 0.717) is 0 Å². The molecule has 4 nitrogen and oxygen atoms in total. The molecule has 2 heterocycles. The Labute approximate surface area is 98.7 Å². The fourth-order valence-electron chi connectivity index (χ4n) is 1.42. The number of aromatic amines is 1. The first kappa shape index (κ1) is 11.2. The highest BCUT2D eigenvalue weighted by Gasteiger charge is 2.08. The van der Waals surface area contributed by atoms with Crippen molar-refractivity contribution in [2.24, 2.45) is 5.73 Å². The van der Waals surface area contributed by atoms with Gasteiger partial charge in [0, 0.05) is 24.6 Å². The largest absolute Gasteiger partial charge is 0.339 e. The molecule has 0 bridgehead atoms. The van der Waals surface area contributed by atoms with Gasteiger partial charge in [-0.25, -0.2) is 9.97 Å². The van der Waals surface area contributed by atoms with E-state index < -0.39 is 0 Å². The van der Waals surface area contributed by atoms with Gasteiger partial charge in [0.15, 0.2) is 5.16 Å². The average molecular weight is 234 g/mol. The molecule has 0 aromatic carbocycles. The average Bonchev–Trinajstić information content (AvgIpc) is 2.73.